The van der Waals surface area contributed by atoms with E-state index in [1.165, 1.54) is 58.0 Å². The summed E-state index contributed by atoms with van der Waals surface area (Å²) in [5.41, 5.74) is 1.91. The van der Waals surface area contributed by atoms with Crippen LogP contribution in [-0.2, 0) is 5.54 Å². The van der Waals surface area contributed by atoms with E-state index in [-0.39, 0.29) is 0 Å². The van der Waals surface area contributed by atoms with Gasteiger partial charge in [0.15, 0.2) is 0 Å². The molecule has 1 aromatic carbocycles. The van der Waals surface area contributed by atoms with Crippen LogP contribution in [0.25, 0.3) is 0 Å². The summed E-state index contributed by atoms with van der Waals surface area (Å²) in [7, 11) is 0. The van der Waals surface area contributed by atoms with Crippen LogP contribution in [0.2, 0.25) is 0 Å². The second-order valence-corrected chi connectivity index (χ2v) is 6.48. The van der Waals surface area contributed by atoms with Crippen molar-refractivity contribution in [3.63, 3.8) is 0 Å². The lowest BCUT2D eigenvalue weighted by atomic mass is 9.68. The molecule has 1 saturated carbocycles. The number of likely N-dealkylation sites (tertiary alicyclic amines) is 1. The highest BCUT2D eigenvalue weighted by atomic mass is 15.2. The van der Waals surface area contributed by atoms with E-state index in [0.29, 0.717) is 5.54 Å². The minimum absolute atomic E-state index is 0.333. The Morgan fingerprint density at radius 3 is 2.37 bits per heavy atom. The summed E-state index contributed by atoms with van der Waals surface area (Å²) in [6.45, 7) is 5.10. The molecule has 0 amide bonds. The Kier molecular flexibility index (Phi) is 3.93. The van der Waals surface area contributed by atoms with Crippen LogP contribution in [-0.4, -0.2) is 18.0 Å². The maximum Gasteiger partial charge on any atom is 0.0486 e. The van der Waals surface area contributed by atoms with Gasteiger partial charge in [0, 0.05) is 5.54 Å². The second kappa shape index (κ2) is 5.66. The molecule has 3 rings (SSSR count). The molecule has 1 aliphatic carbocycles. The Balaban J connectivity index is 1.99. The average molecular weight is 257 g/mol. The van der Waals surface area contributed by atoms with Crippen LogP contribution in [0.5, 0.6) is 0 Å². The smallest absolute Gasteiger partial charge is 0.0486 e. The molecule has 19 heavy (non-hydrogen) atoms. The van der Waals surface area contributed by atoms with Gasteiger partial charge in [-0.25, -0.2) is 0 Å². The molecule has 0 unspecified atom stereocenters. The fraction of sp³-hybridized carbons (Fsp3) is 0.667. The zero-order valence-electron chi connectivity index (χ0n) is 12.3. The number of hydrogen-bond donors (Lipinski definition) is 0. The topological polar surface area (TPSA) is 3.24 Å². The molecular formula is C18H27N. The van der Waals surface area contributed by atoms with E-state index in [0.717, 1.165) is 5.92 Å². The van der Waals surface area contributed by atoms with Crippen molar-refractivity contribution in [2.24, 2.45) is 5.92 Å². The van der Waals surface area contributed by atoms with Gasteiger partial charge in [0.25, 0.3) is 0 Å². The quantitative estimate of drug-likeness (QED) is 0.749. The molecule has 0 radical (unpaired) electrons. The predicted octanol–water partition coefficient (Wildman–Crippen LogP) is 4.58. The Hall–Kier alpha value is -0.820. The van der Waals surface area contributed by atoms with Gasteiger partial charge >= 0.3 is 0 Å². The van der Waals surface area contributed by atoms with Crippen LogP contribution in [0.15, 0.2) is 30.3 Å². The van der Waals surface area contributed by atoms with Crippen LogP contribution in [0.1, 0.15) is 57.4 Å². The first-order valence-corrected chi connectivity index (χ1v) is 8.14. The Bertz CT molecular complexity index is 393. The van der Waals surface area contributed by atoms with Crippen molar-refractivity contribution in [2.45, 2.75) is 57.4 Å². The fourth-order valence-electron chi connectivity index (χ4n) is 4.43. The van der Waals surface area contributed by atoms with Crippen molar-refractivity contribution in [1.82, 2.24) is 4.90 Å². The number of piperidine rings is 1. The van der Waals surface area contributed by atoms with Gasteiger partial charge in [-0.15, -0.1) is 0 Å². The van der Waals surface area contributed by atoms with Gasteiger partial charge < -0.3 is 0 Å². The van der Waals surface area contributed by atoms with Gasteiger partial charge in [-0.1, -0.05) is 56.5 Å². The Labute approximate surface area is 118 Å². The van der Waals surface area contributed by atoms with Crippen molar-refractivity contribution < 1.29 is 0 Å². The molecular weight excluding hydrogens is 230 g/mol. The molecule has 104 valence electrons. The summed E-state index contributed by atoms with van der Waals surface area (Å²) >= 11 is 0. The normalized spacial score (nSPS) is 33.2. The van der Waals surface area contributed by atoms with E-state index >= 15 is 0 Å². The van der Waals surface area contributed by atoms with Crippen molar-refractivity contribution >= 4 is 0 Å². The molecule has 1 aliphatic heterocycles. The lowest BCUT2D eigenvalue weighted by Gasteiger charge is -2.52. The molecule has 0 bridgehead atoms. The molecule has 1 aromatic rings. The molecule has 1 saturated heterocycles. The van der Waals surface area contributed by atoms with Gasteiger partial charge in [-0.3, -0.25) is 4.90 Å². The van der Waals surface area contributed by atoms with Crippen molar-refractivity contribution in [2.75, 3.05) is 13.1 Å². The summed E-state index contributed by atoms with van der Waals surface area (Å²) in [5, 5.41) is 0. The maximum atomic E-state index is 2.83. The highest BCUT2D eigenvalue weighted by Crippen LogP contribution is 2.47. The summed E-state index contributed by atoms with van der Waals surface area (Å²) in [5.74, 6) is 0.793. The third-order valence-electron chi connectivity index (χ3n) is 5.45. The number of benzene rings is 1. The van der Waals surface area contributed by atoms with Crippen molar-refractivity contribution in [3.05, 3.63) is 35.9 Å². The van der Waals surface area contributed by atoms with E-state index in [1.807, 2.05) is 0 Å². The van der Waals surface area contributed by atoms with E-state index in [1.54, 1.807) is 5.56 Å². The molecule has 0 N–H and O–H groups in total. The molecule has 2 fully saturated rings. The highest BCUT2D eigenvalue weighted by molar-refractivity contribution is 5.26. The molecule has 2 aliphatic rings. The fourth-order valence-corrected chi connectivity index (χ4v) is 4.43. The average Bonchev–Trinajstić information content (AvgIpc) is 2.50. The monoisotopic (exact) mass is 257 g/mol. The standard InChI is InChI=1S/C18H27N/c1-16-10-6-7-13-18(16,17-11-4-2-5-12-17)19-14-8-3-9-15-19/h2,4-5,11-12,16H,3,6-10,13-15H2,1H3/t16-,18-/m0/s1. The van der Waals surface area contributed by atoms with Crippen LogP contribution >= 0.6 is 0 Å². The van der Waals surface area contributed by atoms with Crippen LogP contribution in [0.4, 0.5) is 0 Å². The number of nitrogens with zero attached hydrogens (tertiary/aromatic N) is 1. The van der Waals surface area contributed by atoms with Gasteiger partial charge in [-0.2, -0.15) is 0 Å². The summed E-state index contributed by atoms with van der Waals surface area (Å²) in [6, 6.07) is 11.3. The van der Waals surface area contributed by atoms with E-state index in [9.17, 15) is 0 Å². The predicted molar refractivity (Wildman–Crippen MR) is 81.2 cm³/mol. The first kappa shape index (κ1) is 13.2. The third-order valence-corrected chi connectivity index (χ3v) is 5.45. The molecule has 0 spiro atoms. The lowest BCUT2D eigenvalue weighted by molar-refractivity contribution is -0.0110. The minimum Gasteiger partial charge on any atom is -0.293 e. The largest absolute Gasteiger partial charge is 0.293 e. The van der Waals surface area contributed by atoms with Gasteiger partial charge in [0.05, 0.1) is 0 Å². The summed E-state index contributed by atoms with van der Waals surface area (Å²) < 4.78 is 0. The first-order valence-electron chi connectivity index (χ1n) is 8.14. The van der Waals surface area contributed by atoms with Crippen molar-refractivity contribution in [3.8, 4) is 0 Å². The Morgan fingerprint density at radius 2 is 1.68 bits per heavy atom. The van der Waals surface area contributed by atoms with E-state index in [4.69, 9.17) is 0 Å². The van der Waals surface area contributed by atoms with Crippen LogP contribution in [0.3, 0.4) is 0 Å². The van der Waals surface area contributed by atoms with Crippen LogP contribution in [0, 0.1) is 5.92 Å². The molecule has 1 heterocycles. The third kappa shape index (κ3) is 2.33. The number of rotatable bonds is 2. The van der Waals surface area contributed by atoms with E-state index < -0.39 is 0 Å². The molecule has 1 nitrogen and oxygen atoms in total. The molecule has 2 atom stereocenters. The zero-order valence-corrected chi connectivity index (χ0v) is 12.3. The first-order chi connectivity index (χ1) is 9.34. The van der Waals surface area contributed by atoms with Gasteiger partial charge in [0.2, 0.25) is 0 Å². The summed E-state index contributed by atoms with van der Waals surface area (Å²) in [6.07, 6.45) is 9.78. The molecule has 0 aromatic heterocycles. The van der Waals surface area contributed by atoms with Gasteiger partial charge in [0.1, 0.15) is 0 Å². The van der Waals surface area contributed by atoms with Crippen LogP contribution < -0.4 is 0 Å². The molecule has 1 heteroatoms. The lowest BCUT2D eigenvalue weighted by Crippen LogP contribution is -2.53. The second-order valence-electron chi connectivity index (χ2n) is 6.48. The SMILES string of the molecule is C[C@H]1CCCC[C@]1(c1ccccc1)N1CCCCC1. The van der Waals surface area contributed by atoms with Gasteiger partial charge in [-0.05, 0) is 50.3 Å². The Morgan fingerprint density at radius 1 is 0.947 bits per heavy atom. The van der Waals surface area contributed by atoms with Crippen molar-refractivity contribution in [1.29, 1.82) is 0 Å². The highest BCUT2D eigenvalue weighted by Gasteiger charge is 2.44. The zero-order chi connectivity index (χ0) is 13.1. The maximum absolute atomic E-state index is 2.83. The minimum atomic E-state index is 0.333. The van der Waals surface area contributed by atoms with E-state index in [2.05, 4.69) is 42.2 Å². The number of hydrogen-bond acceptors (Lipinski definition) is 1. The summed E-state index contributed by atoms with van der Waals surface area (Å²) in [4.78, 5) is 2.83.